The van der Waals surface area contributed by atoms with E-state index in [1.807, 2.05) is 29.7 Å². The van der Waals surface area contributed by atoms with Crippen LogP contribution in [0, 0.1) is 12.7 Å². The molecule has 1 aliphatic heterocycles. The maximum absolute atomic E-state index is 14.5. The molecule has 0 radical (unpaired) electrons. The highest BCUT2D eigenvalue weighted by atomic mass is 19.1. The van der Waals surface area contributed by atoms with Gasteiger partial charge in [-0.05, 0) is 38.4 Å². The molecule has 0 aliphatic carbocycles. The van der Waals surface area contributed by atoms with Crippen molar-refractivity contribution >= 4 is 28.7 Å². The van der Waals surface area contributed by atoms with E-state index < -0.39 is 5.82 Å². The average molecular weight is 450 g/mol. The number of rotatable bonds is 6. The van der Waals surface area contributed by atoms with E-state index in [1.165, 1.54) is 6.07 Å². The van der Waals surface area contributed by atoms with E-state index in [4.69, 9.17) is 4.98 Å². The van der Waals surface area contributed by atoms with Crippen molar-refractivity contribution in [2.75, 3.05) is 29.9 Å². The summed E-state index contributed by atoms with van der Waals surface area (Å²) in [4.78, 5) is 24.4. The summed E-state index contributed by atoms with van der Waals surface area (Å²) in [7, 11) is 0. The van der Waals surface area contributed by atoms with Gasteiger partial charge in [-0.3, -0.25) is 9.20 Å². The Balaban J connectivity index is 1.48. The van der Waals surface area contributed by atoms with Crippen molar-refractivity contribution in [3.8, 4) is 0 Å². The molecule has 9 heteroatoms. The Hall–Kier alpha value is -3.46. The summed E-state index contributed by atoms with van der Waals surface area (Å²) in [6.45, 7) is 8.77. The predicted molar refractivity (Wildman–Crippen MR) is 127 cm³/mol. The number of hydrogen-bond donors (Lipinski definition) is 2. The van der Waals surface area contributed by atoms with Crippen LogP contribution in [-0.2, 0) is 6.42 Å². The summed E-state index contributed by atoms with van der Waals surface area (Å²) in [6.07, 6.45) is 7.23. The monoisotopic (exact) mass is 449 g/mol. The van der Waals surface area contributed by atoms with Crippen LogP contribution in [0.15, 0.2) is 36.8 Å². The van der Waals surface area contributed by atoms with Crippen molar-refractivity contribution in [1.82, 2.24) is 24.1 Å². The van der Waals surface area contributed by atoms with Crippen LogP contribution in [0.5, 0.6) is 0 Å². The van der Waals surface area contributed by atoms with Gasteiger partial charge >= 0.3 is 0 Å². The number of carbonyl (C=O) groups excluding carboxylic acids is 1. The molecule has 1 unspecified atom stereocenters. The number of nitrogens with one attached hydrogen (secondary N) is 2. The predicted octanol–water partition coefficient (Wildman–Crippen LogP) is 3.43. The number of anilines is 2. The highest BCUT2D eigenvalue weighted by Crippen LogP contribution is 2.26. The van der Waals surface area contributed by atoms with Gasteiger partial charge in [-0.15, -0.1) is 0 Å². The summed E-state index contributed by atoms with van der Waals surface area (Å²) in [5.41, 5.74) is 3.27. The molecule has 1 amide bonds. The molecule has 4 aromatic rings. The number of carbonyl (C=O) groups is 1. The number of hydrogen-bond acceptors (Lipinski definition) is 5. The normalized spacial score (nSPS) is 16.2. The highest BCUT2D eigenvalue weighted by molar-refractivity contribution is 6.08. The molecular formula is C24H28FN7O. The molecule has 0 bridgehead atoms. The Morgan fingerprint density at radius 1 is 1.18 bits per heavy atom. The fourth-order valence-corrected chi connectivity index (χ4v) is 4.58. The number of pyridine rings is 2. The lowest BCUT2D eigenvalue weighted by molar-refractivity contribution is 0.102. The van der Waals surface area contributed by atoms with E-state index in [0.717, 1.165) is 44.0 Å². The minimum Gasteiger partial charge on any atom is -0.356 e. The van der Waals surface area contributed by atoms with E-state index in [0.29, 0.717) is 28.6 Å². The lowest BCUT2D eigenvalue weighted by Crippen LogP contribution is -2.32. The standard InChI is InChI=1S/C24H28FN7O/c1-4-16-14-32-21(30-9-8-17(12-30)26-5-2)7-6-19(22(32)28-16)24(33)29-18-10-20(25)23-27-15(3)11-31(23)13-18/h6-7,10-11,13-14,17,26H,4-5,8-9,12H2,1-3H3,(H,29,33). The maximum Gasteiger partial charge on any atom is 0.259 e. The summed E-state index contributed by atoms with van der Waals surface area (Å²) in [5.74, 6) is 0.206. The third-order valence-corrected chi connectivity index (χ3v) is 6.14. The number of amides is 1. The van der Waals surface area contributed by atoms with Gasteiger partial charge in [0.1, 0.15) is 5.82 Å². The van der Waals surface area contributed by atoms with Crippen LogP contribution in [0.25, 0.3) is 11.3 Å². The second-order valence-corrected chi connectivity index (χ2v) is 8.52. The van der Waals surface area contributed by atoms with Crippen molar-refractivity contribution in [2.45, 2.75) is 39.7 Å². The quantitative estimate of drug-likeness (QED) is 0.472. The minimum absolute atomic E-state index is 0.236. The number of halogens is 1. The summed E-state index contributed by atoms with van der Waals surface area (Å²) >= 11 is 0. The van der Waals surface area contributed by atoms with Gasteiger partial charge in [0.05, 0.1) is 22.6 Å². The number of imidazole rings is 2. The Morgan fingerprint density at radius 2 is 2.03 bits per heavy atom. The Morgan fingerprint density at radius 3 is 2.82 bits per heavy atom. The summed E-state index contributed by atoms with van der Waals surface area (Å²) < 4.78 is 18.1. The van der Waals surface area contributed by atoms with Gasteiger partial charge < -0.3 is 19.9 Å². The van der Waals surface area contributed by atoms with Crippen molar-refractivity contribution in [3.63, 3.8) is 0 Å². The van der Waals surface area contributed by atoms with E-state index >= 15 is 0 Å². The van der Waals surface area contributed by atoms with Crippen molar-refractivity contribution < 1.29 is 9.18 Å². The minimum atomic E-state index is -0.486. The first-order valence-electron chi connectivity index (χ1n) is 11.4. The van der Waals surface area contributed by atoms with Crippen LogP contribution < -0.4 is 15.5 Å². The first kappa shape index (κ1) is 21.4. The molecule has 0 saturated carbocycles. The third kappa shape index (κ3) is 3.93. The molecule has 1 atom stereocenters. The molecule has 2 N–H and O–H groups in total. The van der Waals surface area contributed by atoms with Crippen molar-refractivity contribution in [1.29, 1.82) is 0 Å². The fraction of sp³-hybridized carbons (Fsp3) is 0.375. The van der Waals surface area contributed by atoms with Gasteiger partial charge in [0, 0.05) is 43.8 Å². The van der Waals surface area contributed by atoms with Gasteiger partial charge in [-0.2, -0.15) is 0 Å². The Bertz CT molecular complexity index is 1340. The Kier molecular flexibility index (Phi) is 5.49. The van der Waals surface area contributed by atoms with Crippen LogP contribution in [0.4, 0.5) is 15.9 Å². The Labute approximate surface area is 191 Å². The van der Waals surface area contributed by atoms with E-state index in [9.17, 15) is 9.18 Å². The molecule has 4 aromatic heterocycles. The zero-order valence-corrected chi connectivity index (χ0v) is 19.1. The molecule has 0 spiro atoms. The molecular weight excluding hydrogens is 421 g/mol. The van der Waals surface area contributed by atoms with E-state index in [2.05, 4.69) is 27.4 Å². The number of likely N-dealkylation sites (N-methyl/N-ethyl adjacent to an activating group) is 1. The first-order chi connectivity index (χ1) is 16.0. The molecule has 172 valence electrons. The largest absolute Gasteiger partial charge is 0.356 e. The van der Waals surface area contributed by atoms with Gasteiger partial charge in [0.15, 0.2) is 17.1 Å². The molecule has 5 rings (SSSR count). The molecule has 1 aliphatic rings. The van der Waals surface area contributed by atoms with Crippen LogP contribution in [0.2, 0.25) is 0 Å². The smallest absolute Gasteiger partial charge is 0.259 e. The van der Waals surface area contributed by atoms with E-state index in [-0.39, 0.29) is 11.6 Å². The van der Waals surface area contributed by atoms with Gasteiger partial charge in [-0.25, -0.2) is 14.4 Å². The molecule has 5 heterocycles. The molecule has 0 aromatic carbocycles. The number of fused-ring (bicyclic) bond motifs is 2. The van der Waals surface area contributed by atoms with Crippen LogP contribution >= 0.6 is 0 Å². The number of aryl methyl sites for hydroxylation is 2. The highest BCUT2D eigenvalue weighted by Gasteiger charge is 2.25. The summed E-state index contributed by atoms with van der Waals surface area (Å²) in [6, 6.07) is 5.53. The third-order valence-electron chi connectivity index (χ3n) is 6.14. The lowest BCUT2D eigenvalue weighted by Gasteiger charge is -2.21. The molecule has 1 saturated heterocycles. The fourth-order valence-electron chi connectivity index (χ4n) is 4.58. The number of aromatic nitrogens is 4. The molecule has 8 nitrogen and oxygen atoms in total. The van der Waals surface area contributed by atoms with Gasteiger partial charge in [0.25, 0.3) is 5.91 Å². The SMILES string of the molecule is CCNC1CCN(c2ccc(C(=O)Nc3cc(F)c4nc(C)cn4c3)c3nc(CC)cn23)C1. The average Bonchev–Trinajstić information content (AvgIpc) is 3.51. The van der Waals surface area contributed by atoms with Crippen LogP contribution in [0.3, 0.4) is 0 Å². The summed E-state index contributed by atoms with van der Waals surface area (Å²) in [5, 5.41) is 6.34. The zero-order valence-electron chi connectivity index (χ0n) is 19.1. The van der Waals surface area contributed by atoms with Gasteiger partial charge in [-0.1, -0.05) is 13.8 Å². The van der Waals surface area contributed by atoms with Gasteiger partial charge in [0.2, 0.25) is 0 Å². The van der Waals surface area contributed by atoms with Crippen molar-refractivity contribution in [3.05, 3.63) is 59.6 Å². The molecule has 33 heavy (non-hydrogen) atoms. The lowest BCUT2D eigenvalue weighted by atomic mass is 10.2. The zero-order chi connectivity index (χ0) is 23.1. The second kappa shape index (κ2) is 8.47. The van der Waals surface area contributed by atoms with Crippen LogP contribution in [0.1, 0.15) is 42.0 Å². The van der Waals surface area contributed by atoms with Crippen molar-refractivity contribution in [2.24, 2.45) is 0 Å². The second-order valence-electron chi connectivity index (χ2n) is 8.52. The topological polar surface area (TPSA) is 79.0 Å². The molecule has 1 fully saturated rings. The first-order valence-corrected chi connectivity index (χ1v) is 11.4. The number of nitrogens with zero attached hydrogens (tertiary/aromatic N) is 5. The van der Waals surface area contributed by atoms with E-state index in [1.54, 1.807) is 23.7 Å². The maximum atomic E-state index is 14.5. The van der Waals surface area contributed by atoms with Crippen LogP contribution in [-0.4, -0.2) is 50.4 Å².